The van der Waals surface area contributed by atoms with Gasteiger partial charge in [0, 0.05) is 0 Å². The molecule has 0 bridgehead atoms. The number of hydrogen-bond donors (Lipinski definition) is 0. The van der Waals surface area contributed by atoms with E-state index in [1.54, 1.807) is 5.06 Å². The maximum Gasteiger partial charge on any atom is 0.189 e. The van der Waals surface area contributed by atoms with Crippen LogP contribution in [0.4, 0.5) is 0 Å². The molecule has 4 heteroatoms. The van der Waals surface area contributed by atoms with Crippen molar-refractivity contribution in [1.29, 1.82) is 0 Å². The molecular weight excluding hydrogens is 290 g/mol. The van der Waals surface area contributed by atoms with E-state index in [0.717, 1.165) is 24.7 Å². The van der Waals surface area contributed by atoms with Gasteiger partial charge in [0.2, 0.25) is 0 Å². The number of aldehydes is 1. The maximum atomic E-state index is 11.2. The highest BCUT2D eigenvalue weighted by molar-refractivity contribution is 5.55. The number of carbonyl (C=O) groups is 1. The van der Waals surface area contributed by atoms with Crippen LogP contribution < -0.4 is 0 Å². The molecule has 2 aromatic rings. The van der Waals surface area contributed by atoms with Crippen LogP contribution in [0.5, 0.6) is 0 Å². The van der Waals surface area contributed by atoms with Crippen molar-refractivity contribution >= 4 is 6.29 Å². The third kappa shape index (κ3) is 4.05. The Morgan fingerprint density at radius 1 is 1.09 bits per heavy atom. The Kier molecular flexibility index (Phi) is 5.53. The highest BCUT2D eigenvalue weighted by Gasteiger charge is 2.36. The third-order valence-electron chi connectivity index (χ3n) is 3.98. The van der Waals surface area contributed by atoms with Gasteiger partial charge in [-0.1, -0.05) is 60.7 Å². The second-order valence-electron chi connectivity index (χ2n) is 5.57. The van der Waals surface area contributed by atoms with E-state index in [1.807, 2.05) is 48.5 Å². The molecule has 3 rings (SSSR count). The predicted molar refractivity (Wildman–Crippen MR) is 87.5 cm³/mol. The number of benzene rings is 2. The molecule has 0 N–H and O–H groups in total. The summed E-state index contributed by atoms with van der Waals surface area (Å²) >= 11 is 0. The van der Waals surface area contributed by atoms with Gasteiger partial charge in [-0.2, -0.15) is 0 Å². The first-order valence-electron chi connectivity index (χ1n) is 7.95. The zero-order valence-corrected chi connectivity index (χ0v) is 13.0. The first kappa shape index (κ1) is 15.9. The van der Waals surface area contributed by atoms with Gasteiger partial charge >= 0.3 is 0 Å². The predicted octanol–water partition coefficient (Wildman–Crippen LogP) is 3.15. The number of hydrogen-bond acceptors (Lipinski definition) is 4. The second kappa shape index (κ2) is 8.02. The molecule has 0 amide bonds. The molecule has 4 nitrogen and oxygen atoms in total. The van der Waals surface area contributed by atoms with Crippen molar-refractivity contribution in [2.75, 3.05) is 13.2 Å². The summed E-state index contributed by atoms with van der Waals surface area (Å²) in [7, 11) is 0. The van der Waals surface area contributed by atoms with Gasteiger partial charge in [-0.15, -0.1) is 5.06 Å². The number of nitrogens with zero attached hydrogens (tertiary/aromatic N) is 1. The van der Waals surface area contributed by atoms with Crippen LogP contribution in [-0.4, -0.2) is 30.8 Å². The molecule has 2 unspecified atom stereocenters. The fraction of sp³-hybridized carbons (Fsp3) is 0.316. The molecule has 2 atom stereocenters. The summed E-state index contributed by atoms with van der Waals surface area (Å²) in [6.45, 7) is 1.03. The number of carbonyl (C=O) groups excluding carboxylic acids is 1. The minimum atomic E-state index is -0.628. The third-order valence-corrected chi connectivity index (χ3v) is 3.98. The molecule has 23 heavy (non-hydrogen) atoms. The summed E-state index contributed by atoms with van der Waals surface area (Å²) in [6, 6.07) is 20.3. The average molecular weight is 311 g/mol. The molecule has 1 heterocycles. The van der Waals surface area contributed by atoms with Gasteiger partial charge in [0.1, 0.15) is 0 Å². The molecule has 1 fully saturated rings. The average Bonchev–Trinajstić information content (AvgIpc) is 3.03. The summed E-state index contributed by atoms with van der Waals surface area (Å²) in [6.07, 6.45) is 2.02. The quantitative estimate of drug-likeness (QED) is 0.581. The van der Waals surface area contributed by atoms with E-state index in [-0.39, 0.29) is 6.04 Å². The van der Waals surface area contributed by atoms with Gasteiger partial charge in [0.25, 0.3) is 0 Å². The number of hydroxylamine groups is 2. The smallest absolute Gasteiger partial charge is 0.189 e. The van der Waals surface area contributed by atoms with Gasteiger partial charge in [-0.3, -0.25) is 9.63 Å². The van der Waals surface area contributed by atoms with Crippen LogP contribution in [0, 0.1) is 0 Å². The fourth-order valence-electron chi connectivity index (χ4n) is 2.79. The molecule has 1 aliphatic rings. The van der Waals surface area contributed by atoms with Crippen LogP contribution >= 0.6 is 0 Å². The molecule has 0 saturated carbocycles. The van der Waals surface area contributed by atoms with Crippen molar-refractivity contribution in [3.8, 4) is 0 Å². The number of aryl methyl sites for hydroxylation is 1. The van der Waals surface area contributed by atoms with E-state index in [1.165, 1.54) is 5.56 Å². The van der Waals surface area contributed by atoms with E-state index in [4.69, 9.17) is 9.57 Å². The first-order chi connectivity index (χ1) is 11.4. The molecule has 120 valence electrons. The SMILES string of the molecule is O=CC1OCC(c2ccccc2)N1OCCCc1ccccc1. The summed E-state index contributed by atoms with van der Waals surface area (Å²) < 4.78 is 5.53. The van der Waals surface area contributed by atoms with E-state index >= 15 is 0 Å². The Balaban J connectivity index is 1.56. The lowest BCUT2D eigenvalue weighted by Gasteiger charge is -2.24. The van der Waals surface area contributed by atoms with Crippen molar-refractivity contribution in [3.63, 3.8) is 0 Å². The summed E-state index contributed by atoms with van der Waals surface area (Å²) in [5, 5.41) is 1.69. The topological polar surface area (TPSA) is 38.8 Å². The normalized spacial score (nSPS) is 21.4. The van der Waals surface area contributed by atoms with Crippen LogP contribution in [0.3, 0.4) is 0 Å². The van der Waals surface area contributed by atoms with Crippen LogP contribution in [0.15, 0.2) is 60.7 Å². The molecule has 0 aliphatic carbocycles. The van der Waals surface area contributed by atoms with Crippen LogP contribution in [0.25, 0.3) is 0 Å². The van der Waals surface area contributed by atoms with Crippen molar-refractivity contribution in [1.82, 2.24) is 5.06 Å². The maximum absolute atomic E-state index is 11.2. The molecule has 0 aromatic heterocycles. The van der Waals surface area contributed by atoms with Crippen molar-refractivity contribution < 1.29 is 14.4 Å². The van der Waals surface area contributed by atoms with Gasteiger partial charge in [0.05, 0.1) is 19.3 Å². The zero-order valence-electron chi connectivity index (χ0n) is 13.0. The van der Waals surface area contributed by atoms with Gasteiger partial charge in [-0.05, 0) is 24.0 Å². The number of ether oxygens (including phenoxy) is 1. The Morgan fingerprint density at radius 3 is 2.48 bits per heavy atom. The Labute approximate surface area is 136 Å². The molecule has 0 radical (unpaired) electrons. The lowest BCUT2D eigenvalue weighted by molar-refractivity contribution is -0.213. The van der Waals surface area contributed by atoms with Crippen LogP contribution in [0.2, 0.25) is 0 Å². The first-order valence-corrected chi connectivity index (χ1v) is 7.95. The Hall–Kier alpha value is -2.01. The van der Waals surface area contributed by atoms with Crippen molar-refractivity contribution in [3.05, 3.63) is 71.8 Å². The minimum absolute atomic E-state index is 0.0388. The van der Waals surface area contributed by atoms with E-state index in [0.29, 0.717) is 13.2 Å². The number of rotatable bonds is 7. The summed E-state index contributed by atoms with van der Waals surface area (Å²) in [5.74, 6) is 0. The minimum Gasteiger partial charge on any atom is -0.352 e. The van der Waals surface area contributed by atoms with Gasteiger partial charge < -0.3 is 4.74 Å². The van der Waals surface area contributed by atoms with E-state index in [9.17, 15) is 4.79 Å². The highest BCUT2D eigenvalue weighted by atomic mass is 16.7. The molecule has 2 aromatic carbocycles. The molecule has 1 saturated heterocycles. The standard InChI is InChI=1S/C19H21NO3/c21-14-19-20(18(15-22-19)17-11-5-2-6-12-17)23-13-7-10-16-8-3-1-4-9-16/h1-6,8-9,11-12,14,18-19H,7,10,13,15H2. The van der Waals surface area contributed by atoms with Crippen LogP contribution in [-0.2, 0) is 20.8 Å². The zero-order chi connectivity index (χ0) is 15.9. The van der Waals surface area contributed by atoms with Crippen molar-refractivity contribution in [2.24, 2.45) is 0 Å². The Bertz CT molecular complexity index is 603. The largest absolute Gasteiger partial charge is 0.352 e. The Morgan fingerprint density at radius 2 is 1.78 bits per heavy atom. The molecular formula is C19H21NO3. The summed E-state index contributed by atoms with van der Waals surface area (Å²) in [5.41, 5.74) is 2.39. The fourth-order valence-corrected chi connectivity index (χ4v) is 2.79. The van der Waals surface area contributed by atoms with E-state index in [2.05, 4.69) is 12.1 Å². The van der Waals surface area contributed by atoms with E-state index < -0.39 is 6.23 Å². The van der Waals surface area contributed by atoms with Crippen molar-refractivity contribution in [2.45, 2.75) is 25.1 Å². The molecule has 1 aliphatic heterocycles. The second-order valence-corrected chi connectivity index (χ2v) is 5.57. The van der Waals surface area contributed by atoms with Gasteiger partial charge in [0.15, 0.2) is 12.5 Å². The molecule has 0 spiro atoms. The van der Waals surface area contributed by atoms with Gasteiger partial charge in [-0.25, -0.2) is 0 Å². The highest BCUT2D eigenvalue weighted by Crippen LogP contribution is 2.29. The van der Waals surface area contributed by atoms with Crippen LogP contribution in [0.1, 0.15) is 23.6 Å². The lowest BCUT2D eigenvalue weighted by atomic mass is 10.1. The monoisotopic (exact) mass is 311 g/mol. The summed E-state index contributed by atoms with van der Waals surface area (Å²) in [4.78, 5) is 17.1. The lowest BCUT2D eigenvalue weighted by Crippen LogP contribution is -2.34.